The third-order valence-corrected chi connectivity index (χ3v) is 5.66. The number of thiophene rings is 1. The zero-order valence-electron chi connectivity index (χ0n) is 16.3. The van der Waals surface area contributed by atoms with Crippen molar-refractivity contribution in [1.29, 1.82) is 0 Å². The summed E-state index contributed by atoms with van der Waals surface area (Å²) in [6.45, 7) is -0.332. The first-order valence-corrected chi connectivity index (χ1v) is 9.94. The van der Waals surface area contributed by atoms with Crippen LogP contribution in [-0.2, 0) is 11.3 Å². The van der Waals surface area contributed by atoms with Crippen LogP contribution in [0, 0.1) is 10.1 Å². The summed E-state index contributed by atoms with van der Waals surface area (Å²) in [7, 11) is 1.39. The Kier molecular flexibility index (Phi) is 5.46. The average molecular weight is 436 g/mol. The highest BCUT2D eigenvalue weighted by molar-refractivity contribution is 7.21. The number of rotatable bonds is 6. The fourth-order valence-electron chi connectivity index (χ4n) is 3.06. The van der Waals surface area contributed by atoms with Gasteiger partial charge in [0.25, 0.3) is 11.2 Å². The second-order valence-corrected chi connectivity index (χ2v) is 7.59. The highest BCUT2D eigenvalue weighted by Gasteiger charge is 2.18. The number of amides is 1. The minimum Gasteiger partial charge on any atom is -0.496 e. The Morgan fingerprint density at radius 2 is 2.00 bits per heavy atom. The number of hydrogen-bond acceptors (Lipinski definition) is 7. The van der Waals surface area contributed by atoms with Crippen molar-refractivity contribution in [2.24, 2.45) is 0 Å². The number of carbonyl (C=O) groups excluding carboxylic acids is 1. The standard InChI is InChI=1S/C21H16N4O5S/c1-30-14-7-8-16(17(9-14)25(28)29)23-19(26)11-24-12-22-20-15(21(24)27)10-18(31-20)13-5-3-2-4-6-13/h2-10,12H,11H2,1H3,(H,23,26). The number of benzene rings is 2. The van der Waals surface area contributed by atoms with E-state index in [0.29, 0.717) is 16.0 Å². The summed E-state index contributed by atoms with van der Waals surface area (Å²) in [5.41, 5.74) is 0.322. The van der Waals surface area contributed by atoms with Crippen LogP contribution in [0.3, 0.4) is 0 Å². The van der Waals surface area contributed by atoms with Gasteiger partial charge in [0.15, 0.2) is 0 Å². The number of nitro benzene ring substituents is 1. The van der Waals surface area contributed by atoms with Gasteiger partial charge >= 0.3 is 0 Å². The second kappa shape index (κ2) is 8.36. The largest absolute Gasteiger partial charge is 0.496 e. The molecule has 0 bridgehead atoms. The van der Waals surface area contributed by atoms with E-state index in [0.717, 1.165) is 10.4 Å². The molecule has 0 aliphatic heterocycles. The van der Waals surface area contributed by atoms with Gasteiger partial charge < -0.3 is 10.1 Å². The quantitative estimate of drug-likeness (QED) is 0.364. The molecule has 2 aromatic heterocycles. The Morgan fingerprint density at radius 3 is 2.71 bits per heavy atom. The average Bonchev–Trinajstić information content (AvgIpc) is 3.22. The first kappa shape index (κ1) is 20.2. The van der Waals surface area contributed by atoms with E-state index in [2.05, 4.69) is 10.3 Å². The molecule has 0 saturated carbocycles. The maximum atomic E-state index is 12.8. The fourth-order valence-corrected chi connectivity index (χ4v) is 4.05. The molecule has 1 amide bonds. The third kappa shape index (κ3) is 4.14. The lowest BCUT2D eigenvalue weighted by Gasteiger charge is -2.08. The normalized spacial score (nSPS) is 10.7. The van der Waals surface area contributed by atoms with E-state index < -0.39 is 10.8 Å². The van der Waals surface area contributed by atoms with Crippen molar-refractivity contribution in [2.75, 3.05) is 12.4 Å². The molecule has 0 saturated heterocycles. The van der Waals surface area contributed by atoms with Crippen molar-refractivity contribution in [3.8, 4) is 16.2 Å². The van der Waals surface area contributed by atoms with Crippen LogP contribution in [0.1, 0.15) is 0 Å². The molecular formula is C21H16N4O5S. The van der Waals surface area contributed by atoms with E-state index in [1.807, 2.05) is 30.3 Å². The molecule has 2 aromatic carbocycles. The third-order valence-electron chi connectivity index (χ3n) is 4.57. The number of fused-ring (bicyclic) bond motifs is 1. The van der Waals surface area contributed by atoms with Crippen LogP contribution in [-0.4, -0.2) is 27.5 Å². The Balaban J connectivity index is 1.59. The van der Waals surface area contributed by atoms with Gasteiger partial charge in [0.05, 0.1) is 29.8 Å². The molecule has 4 aromatic rings. The van der Waals surface area contributed by atoms with Crippen molar-refractivity contribution in [3.05, 3.63) is 81.4 Å². The molecule has 1 N–H and O–H groups in total. The Labute approximate surface area is 179 Å². The van der Waals surface area contributed by atoms with Crippen molar-refractivity contribution in [3.63, 3.8) is 0 Å². The van der Waals surface area contributed by atoms with Crippen LogP contribution in [0.4, 0.5) is 11.4 Å². The first-order valence-electron chi connectivity index (χ1n) is 9.13. The summed E-state index contributed by atoms with van der Waals surface area (Å²) in [5.74, 6) is -0.294. The maximum Gasteiger partial charge on any atom is 0.296 e. The molecule has 10 heteroatoms. The molecule has 0 atom stereocenters. The molecule has 9 nitrogen and oxygen atoms in total. The topological polar surface area (TPSA) is 116 Å². The SMILES string of the molecule is COc1ccc(NC(=O)Cn2cnc3sc(-c4ccccc4)cc3c2=O)c([N+](=O)[O-])c1. The Bertz CT molecular complexity index is 1350. The summed E-state index contributed by atoms with van der Waals surface area (Å²) >= 11 is 1.39. The number of nitro groups is 1. The summed E-state index contributed by atoms with van der Waals surface area (Å²) in [6, 6.07) is 15.5. The van der Waals surface area contributed by atoms with Crippen LogP contribution in [0.2, 0.25) is 0 Å². The van der Waals surface area contributed by atoms with Crippen molar-refractivity contribution < 1.29 is 14.5 Å². The number of anilines is 1. The number of methoxy groups -OCH3 is 1. The van der Waals surface area contributed by atoms with Crippen LogP contribution in [0.25, 0.3) is 20.7 Å². The number of nitrogens with one attached hydrogen (secondary N) is 1. The molecule has 0 unspecified atom stereocenters. The summed E-state index contributed by atoms with van der Waals surface area (Å²) in [5, 5.41) is 14.2. The van der Waals surface area contributed by atoms with E-state index in [9.17, 15) is 19.7 Å². The van der Waals surface area contributed by atoms with Gasteiger partial charge in [-0.15, -0.1) is 11.3 Å². The van der Waals surface area contributed by atoms with E-state index in [1.54, 1.807) is 6.07 Å². The highest BCUT2D eigenvalue weighted by atomic mass is 32.1. The van der Waals surface area contributed by atoms with Crippen LogP contribution >= 0.6 is 11.3 Å². The number of aromatic nitrogens is 2. The summed E-state index contributed by atoms with van der Waals surface area (Å²) in [6.07, 6.45) is 1.30. The molecule has 156 valence electrons. The second-order valence-electron chi connectivity index (χ2n) is 6.56. The Hall–Kier alpha value is -4.05. The molecule has 0 aliphatic rings. The van der Waals surface area contributed by atoms with Crippen molar-refractivity contribution in [2.45, 2.75) is 6.54 Å². The zero-order chi connectivity index (χ0) is 22.0. The summed E-state index contributed by atoms with van der Waals surface area (Å²) in [4.78, 5) is 41.8. The van der Waals surface area contributed by atoms with Gasteiger partial charge in [0.1, 0.15) is 22.8 Å². The van der Waals surface area contributed by atoms with Gasteiger partial charge in [0.2, 0.25) is 5.91 Å². The Morgan fingerprint density at radius 1 is 1.23 bits per heavy atom. The summed E-state index contributed by atoms with van der Waals surface area (Å²) < 4.78 is 6.16. The van der Waals surface area contributed by atoms with E-state index in [1.165, 1.54) is 47.5 Å². The lowest BCUT2D eigenvalue weighted by molar-refractivity contribution is -0.384. The molecule has 2 heterocycles. The molecule has 4 rings (SSSR count). The van der Waals surface area contributed by atoms with Gasteiger partial charge in [-0.05, 0) is 23.8 Å². The lowest BCUT2D eigenvalue weighted by atomic mass is 10.2. The van der Waals surface area contributed by atoms with Gasteiger partial charge in [-0.25, -0.2) is 4.98 Å². The molecule has 0 fully saturated rings. The number of nitrogens with zero attached hydrogens (tertiary/aromatic N) is 3. The monoisotopic (exact) mass is 436 g/mol. The zero-order valence-corrected chi connectivity index (χ0v) is 17.1. The van der Waals surface area contributed by atoms with Gasteiger partial charge in [-0.3, -0.25) is 24.3 Å². The van der Waals surface area contributed by atoms with Crippen LogP contribution in [0.5, 0.6) is 5.75 Å². The smallest absolute Gasteiger partial charge is 0.296 e. The number of hydrogen-bond donors (Lipinski definition) is 1. The predicted molar refractivity (Wildman–Crippen MR) is 118 cm³/mol. The van der Waals surface area contributed by atoms with Crippen molar-refractivity contribution >= 4 is 38.8 Å². The van der Waals surface area contributed by atoms with Crippen LogP contribution in [0.15, 0.2) is 65.7 Å². The van der Waals surface area contributed by atoms with Crippen LogP contribution < -0.4 is 15.6 Å². The van der Waals surface area contributed by atoms with Gasteiger partial charge in [-0.2, -0.15) is 0 Å². The fraction of sp³-hybridized carbons (Fsp3) is 0.0952. The van der Waals surface area contributed by atoms with Crippen molar-refractivity contribution in [1.82, 2.24) is 9.55 Å². The number of ether oxygens (including phenoxy) is 1. The maximum absolute atomic E-state index is 12.8. The highest BCUT2D eigenvalue weighted by Crippen LogP contribution is 2.31. The van der Waals surface area contributed by atoms with Gasteiger partial charge in [0, 0.05) is 4.88 Å². The van der Waals surface area contributed by atoms with E-state index in [4.69, 9.17) is 4.74 Å². The van der Waals surface area contributed by atoms with E-state index in [-0.39, 0.29) is 23.5 Å². The lowest BCUT2D eigenvalue weighted by Crippen LogP contribution is -2.27. The molecule has 0 aliphatic carbocycles. The molecule has 31 heavy (non-hydrogen) atoms. The van der Waals surface area contributed by atoms with E-state index >= 15 is 0 Å². The minimum atomic E-state index is -0.617. The molecule has 0 radical (unpaired) electrons. The molecule has 0 spiro atoms. The first-order chi connectivity index (χ1) is 15.0. The van der Waals surface area contributed by atoms with Gasteiger partial charge in [-0.1, -0.05) is 30.3 Å². The minimum absolute atomic E-state index is 0.0137. The number of carbonyl (C=O) groups is 1. The molecular weight excluding hydrogens is 420 g/mol. The predicted octanol–water partition coefficient (Wildman–Crippen LogP) is 3.68.